The summed E-state index contributed by atoms with van der Waals surface area (Å²) >= 11 is 0. The highest BCUT2D eigenvalue weighted by atomic mass is 32.2. The standard InChI is InChI=1S/C9H19NO3S/c1-9(2,3)14(11,12)10-7-8-5-4-6-13-8/h8,10H,4-7H2,1-3H3/t8-/m0/s1. The maximum Gasteiger partial charge on any atom is 0.216 e. The predicted octanol–water partition coefficient (Wildman–Crippen LogP) is 0.883. The van der Waals surface area contributed by atoms with Gasteiger partial charge < -0.3 is 4.74 Å². The summed E-state index contributed by atoms with van der Waals surface area (Å²) < 4.78 is 30.5. The van der Waals surface area contributed by atoms with E-state index in [2.05, 4.69) is 4.72 Å². The lowest BCUT2D eigenvalue weighted by Crippen LogP contribution is -2.42. The van der Waals surface area contributed by atoms with E-state index in [0.717, 1.165) is 19.4 Å². The molecule has 0 amide bonds. The van der Waals surface area contributed by atoms with Crippen molar-refractivity contribution in [1.29, 1.82) is 0 Å². The molecule has 1 heterocycles. The molecule has 0 aromatic rings. The second kappa shape index (κ2) is 4.16. The van der Waals surface area contributed by atoms with E-state index in [1.165, 1.54) is 0 Å². The van der Waals surface area contributed by atoms with Crippen molar-refractivity contribution in [3.63, 3.8) is 0 Å². The van der Waals surface area contributed by atoms with E-state index in [-0.39, 0.29) is 6.10 Å². The average Bonchev–Trinajstić information content (AvgIpc) is 2.50. The van der Waals surface area contributed by atoms with Gasteiger partial charge in [-0.05, 0) is 33.6 Å². The Bertz CT molecular complexity index is 273. The second-order valence-electron chi connectivity index (χ2n) is 4.60. The third-order valence-corrected chi connectivity index (χ3v) is 4.49. The van der Waals surface area contributed by atoms with Crippen molar-refractivity contribution in [2.24, 2.45) is 0 Å². The number of hydrogen-bond acceptors (Lipinski definition) is 3. The minimum atomic E-state index is -3.22. The highest BCUT2D eigenvalue weighted by Gasteiger charge is 2.29. The van der Waals surface area contributed by atoms with Crippen LogP contribution in [0.4, 0.5) is 0 Å². The van der Waals surface area contributed by atoms with Gasteiger partial charge in [-0.1, -0.05) is 0 Å². The molecule has 0 unspecified atom stereocenters. The van der Waals surface area contributed by atoms with Crippen molar-refractivity contribution < 1.29 is 13.2 Å². The lowest BCUT2D eigenvalue weighted by atomic mass is 10.2. The van der Waals surface area contributed by atoms with Crippen molar-refractivity contribution in [2.75, 3.05) is 13.2 Å². The van der Waals surface area contributed by atoms with Gasteiger partial charge in [0.15, 0.2) is 0 Å². The molecule has 0 aromatic carbocycles. The van der Waals surface area contributed by atoms with Crippen molar-refractivity contribution in [3.8, 4) is 0 Å². The van der Waals surface area contributed by atoms with Crippen LogP contribution in [0.1, 0.15) is 33.6 Å². The Morgan fingerprint density at radius 2 is 2.07 bits per heavy atom. The van der Waals surface area contributed by atoms with E-state index >= 15 is 0 Å². The fourth-order valence-corrected chi connectivity index (χ4v) is 2.06. The molecule has 14 heavy (non-hydrogen) atoms. The quantitative estimate of drug-likeness (QED) is 0.770. The normalized spacial score (nSPS) is 24.1. The molecule has 4 nitrogen and oxygen atoms in total. The predicted molar refractivity (Wildman–Crippen MR) is 55.6 cm³/mol. The van der Waals surface area contributed by atoms with Gasteiger partial charge in [0, 0.05) is 13.2 Å². The molecule has 1 rings (SSSR count). The zero-order valence-corrected chi connectivity index (χ0v) is 9.86. The first-order valence-electron chi connectivity index (χ1n) is 4.94. The summed E-state index contributed by atoms with van der Waals surface area (Å²) in [6.45, 7) is 6.21. The van der Waals surface area contributed by atoms with Gasteiger partial charge in [-0.15, -0.1) is 0 Å². The van der Waals surface area contributed by atoms with Gasteiger partial charge in [-0.25, -0.2) is 13.1 Å². The highest BCUT2D eigenvalue weighted by molar-refractivity contribution is 7.90. The Balaban J connectivity index is 2.44. The zero-order valence-electron chi connectivity index (χ0n) is 9.04. The van der Waals surface area contributed by atoms with Gasteiger partial charge in [0.2, 0.25) is 10.0 Å². The Hall–Kier alpha value is -0.130. The van der Waals surface area contributed by atoms with Crippen LogP contribution in [-0.2, 0) is 14.8 Å². The van der Waals surface area contributed by atoms with Crippen LogP contribution in [0.5, 0.6) is 0 Å². The largest absolute Gasteiger partial charge is 0.377 e. The molecule has 1 saturated heterocycles. The molecule has 1 aliphatic heterocycles. The lowest BCUT2D eigenvalue weighted by Gasteiger charge is -2.21. The van der Waals surface area contributed by atoms with E-state index in [4.69, 9.17) is 4.74 Å². The number of hydrogen-bond donors (Lipinski definition) is 1. The summed E-state index contributed by atoms with van der Waals surface area (Å²) in [5, 5.41) is 0. The van der Waals surface area contributed by atoms with E-state index in [1.807, 2.05) is 0 Å². The molecule has 1 N–H and O–H groups in total. The molecular formula is C9H19NO3S. The summed E-state index contributed by atoms with van der Waals surface area (Å²) in [5.74, 6) is 0. The van der Waals surface area contributed by atoms with Crippen LogP contribution in [0.2, 0.25) is 0 Å². The Morgan fingerprint density at radius 3 is 2.50 bits per heavy atom. The number of nitrogens with one attached hydrogen (secondary N) is 1. The molecule has 1 aliphatic rings. The van der Waals surface area contributed by atoms with E-state index in [1.54, 1.807) is 20.8 Å². The van der Waals surface area contributed by atoms with Crippen molar-refractivity contribution >= 4 is 10.0 Å². The van der Waals surface area contributed by atoms with Crippen LogP contribution in [0.25, 0.3) is 0 Å². The van der Waals surface area contributed by atoms with Crippen molar-refractivity contribution in [1.82, 2.24) is 4.72 Å². The Kier molecular flexibility index (Phi) is 3.55. The smallest absolute Gasteiger partial charge is 0.216 e. The highest BCUT2D eigenvalue weighted by Crippen LogP contribution is 2.15. The van der Waals surface area contributed by atoms with Crippen LogP contribution < -0.4 is 4.72 Å². The third kappa shape index (κ3) is 2.93. The Labute approximate surface area is 86.1 Å². The molecule has 84 valence electrons. The van der Waals surface area contributed by atoms with Gasteiger partial charge in [0.1, 0.15) is 0 Å². The number of ether oxygens (including phenoxy) is 1. The molecular weight excluding hydrogens is 202 g/mol. The molecule has 0 aliphatic carbocycles. The first-order valence-corrected chi connectivity index (χ1v) is 6.42. The van der Waals surface area contributed by atoms with E-state index < -0.39 is 14.8 Å². The summed E-state index contributed by atoms with van der Waals surface area (Å²) in [6.07, 6.45) is 2.04. The number of rotatable bonds is 3. The summed E-state index contributed by atoms with van der Waals surface area (Å²) in [7, 11) is -3.22. The summed E-state index contributed by atoms with van der Waals surface area (Å²) in [5.41, 5.74) is 0. The van der Waals surface area contributed by atoms with Crippen LogP contribution in [0.3, 0.4) is 0 Å². The summed E-state index contributed by atoms with van der Waals surface area (Å²) in [4.78, 5) is 0. The number of sulfonamides is 1. The maximum absolute atomic E-state index is 11.6. The molecule has 0 saturated carbocycles. The first kappa shape index (κ1) is 11.9. The van der Waals surface area contributed by atoms with Crippen LogP contribution in [0, 0.1) is 0 Å². The second-order valence-corrected chi connectivity index (χ2v) is 7.12. The van der Waals surface area contributed by atoms with Crippen LogP contribution >= 0.6 is 0 Å². The van der Waals surface area contributed by atoms with E-state index in [0.29, 0.717) is 6.54 Å². The lowest BCUT2D eigenvalue weighted by molar-refractivity contribution is 0.114. The molecule has 1 fully saturated rings. The van der Waals surface area contributed by atoms with Gasteiger partial charge in [0.25, 0.3) is 0 Å². The van der Waals surface area contributed by atoms with Crippen LogP contribution in [-0.4, -0.2) is 32.4 Å². The molecule has 1 atom stereocenters. The molecule has 5 heteroatoms. The first-order chi connectivity index (χ1) is 6.33. The average molecular weight is 221 g/mol. The zero-order chi connectivity index (χ0) is 10.8. The molecule has 0 bridgehead atoms. The maximum atomic E-state index is 11.6. The topological polar surface area (TPSA) is 55.4 Å². The minimum absolute atomic E-state index is 0.0622. The van der Waals surface area contributed by atoms with Gasteiger partial charge in [-0.2, -0.15) is 0 Å². The monoisotopic (exact) mass is 221 g/mol. The van der Waals surface area contributed by atoms with Crippen molar-refractivity contribution in [3.05, 3.63) is 0 Å². The molecule has 0 spiro atoms. The van der Waals surface area contributed by atoms with Gasteiger partial charge in [-0.3, -0.25) is 0 Å². The minimum Gasteiger partial charge on any atom is -0.377 e. The van der Waals surface area contributed by atoms with Gasteiger partial charge in [0.05, 0.1) is 10.9 Å². The van der Waals surface area contributed by atoms with E-state index in [9.17, 15) is 8.42 Å². The fourth-order valence-electron chi connectivity index (χ4n) is 1.22. The molecule has 0 radical (unpaired) electrons. The van der Waals surface area contributed by atoms with Crippen LogP contribution in [0.15, 0.2) is 0 Å². The Morgan fingerprint density at radius 1 is 1.43 bits per heavy atom. The van der Waals surface area contributed by atoms with Gasteiger partial charge >= 0.3 is 0 Å². The fraction of sp³-hybridized carbons (Fsp3) is 1.00. The summed E-state index contributed by atoms with van der Waals surface area (Å²) in [6, 6.07) is 0. The third-order valence-electron chi connectivity index (χ3n) is 2.33. The molecule has 0 aromatic heterocycles. The SMILES string of the molecule is CC(C)(C)S(=O)(=O)NC[C@@H]1CCCO1. The van der Waals surface area contributed by atoms with Crippen molar-refractivity contribution in [2.45, 2.75) is 44.5 Å².